The van der Waals surface area contributed by atoms with Gasteiger partial charge in [0.25, 0.3) is 0 Å². The fraction of sp³-hybridized carbons (Fsp3) is 0.316. The Bertz CT molecular complexity index is 709. The molecule has 26 heavy (non-hydrogen) atoms. The molecular weight excluding hydrogens is 374 g/mol. The van der Waals surface area contributed by atoms with Crippen LogP contribution in [0, 0.1) is 0 Å². The second-order valence-electron chi connectivity index (χ2n) is 5.32. The lowest BCUT2D eigenvalue weighted by atomic mass is 10.2. The van der Waals surface area contributed by atoms with Crippen molar-refractivity contribution in [3.8, 4) is 17.2 Å². The van der Waals surface area contributed by atoms with Crippen LogP contribution in [0.1, 0.15) is 6.42 Å². The van der Waals surface area contributed by atoms with Gasteiger partial charge in [0.2, 0.25) is 5.91 Å². The van der Waals surface area contributed by atoms with E-state index in [1.165, 1.54) is 0 Å². The molecule has 0 aliphatic heterocycles. The van der Waals surface area contributed by atoms with Crippen LogP contribution < -0.4 is 19.5 Å². The smallest absolute Gasteiger partial charge is 0.234 e. The van der Waals surface area contributed by atoms with Crippen molar-refractivity contribution < 1.29 is 19.0 Å². The molecule has 0 aliphatic rings. The largest absolute Gasteiger partial charge is 0.497 e. The third-order valence-corrected chi connectivity index (χ3v) is 4.73. The highest BCUT2D eigenvalue weighted by Gasteiger charge is 2.09. The van der Waals surface area contributed by atoms with E-state index in [-0.39, 0.29) is 5.91 Å². The summed E-state index contributed by atoms with van der Waals surface area (Å²) in [6.07, 6.45) is 0.854. The third-order valence-electron chi connectivity index (χ3n) is 3.43. The van der Waals surface area contributed by atoms with Gasteiger partial charge in [0.15, 0.2) is 0 Å². The maximum Gasteiger partial charge on any atom is 0.234 e. The average molecular weight is 396 g/mol. The first kappa shape index (κ1) is 20.3. The van der Waals surface area contributed by atoms with Crippen LogP contribution in [0.3, 0.4) is 0 Å². The standard InChI is InChI=1S/C19H22ClNO4S/c1-23-16-8-9-17(18(12-16)24-2)21-19(22)13-26-11-3-10-25-15-6-4-14(20)5-7-15/h4-9,12H,3,10-11,13H2,1-2H3,(H,21,22). The fourth-order valence-electron chi connectivity index (χ4n) is 2.13. The van der Waals surface area contributed by atoms with Crippen molar-refractivity contribution in [1.29, 1.82) is 0 Å². The number of thioether (sulfide) groups is 1. The number of rotatable bonds is 10. The number of carbonyl (C=O) groups excluding carboxylic acids is 1. The van der Waals surface area contributed by atoms with Gasteiger partial charge in [0, 0.05) is 11.1 Å². The van der Waals surface area contributed by atoms with Crippen molar-refractivity contribution in [2.75, 3.05) is 37.6 Å². The number of benzene rings is 2. The SMILES string of the molecule is COc1ccc(NC(=O)CSCCCOc2ccc(Cl)cc2)c(OC)c1. The maximum atomic E-state index is 12.1. The van der Waals surface area contributed by atoms with Crippen molar-refractivity contribution >= 4 is 35.0 Å². The lowest BCUT2D eigenvalue weighted by Crippen LogP contribution is -2.15. The number of halogens is 1. The molecule has 1 amide bonds. The summed E-state index contributed by atoms with van der Waals surface area (Å²) in [4.78, 5) is 12.1. The summed E-state index contributed by atoms with van der Waals surface area (Å²) >= 11 is 7.39. The van der Waals surface area contributed by atoms with Gasteiger partial charge in [-0.3, -0.25) is 4.79 Å². The Morgan fingerprint density at radius 1 is 1.08 bits per heavy atom. The molecule has 0 saturated carbocycles. The molecule has 2 aromatic rings. The molecule has 0 atom stereocenters. The maximum absolute atomic E-state index is 12.1. The highest BCUT2D eigenvalue weighted by Crippen LogP contribution is 2.29. The zero-order valence-corrected chi connectivity index (χ0v) is 16.4. The summed E-state index contributed by atoms with van der Waals surface area (Å²) in [6.45, 7) is 0.600. The predicted molar refractivity (Wildman–Crippen MR) is 107 cm³/mol. The van der Waals surface area contributed by atoms with Crippen LogP contribution in [0.25, 0.3) is 0 Å². The first-order chi connectivity index (χ1) is 12.6. The molecule has 0 spiro atoms. The van der Waals surface area contributed by atoms with E-state index < -0.39 is 0 Å². The van der Waals surface area contributed by atoms with E-state index in [9.17, 15) is 4.79 Å². The van der Waals surface area contributed by atoms with E-state index in [2.05, 4.69) is 5.32 Å². The summed E-state index contributed by atoms with van der Waals surface area (Å²) in [5.41, 5.74) is 0.630. The Morgan fingerprint density at radius 2 is 1.81 bits per heavy atom. The van der Waals surface area contributed by atoms with Crippen molar-refractivity contribution in [2.24, 2.45) is 0 Å². The van der Waals surface area contributed by atoms with Gasteiger partial charge in [-0.15, -0.1) is 0 Å². The Hall–Kier alpha value is -2.05. The molecule has 0 saturated heterocycles. The van der Waals surface area contributed by atoms with Gasteiger partial charge in [-0.2, -0.15) is 11.8 Å². The van der Waals surface area contributed by atoms with Gasteiger partial charge in [0.05, 0.1) is 32.3 Å². The number of ether oxygens (including phenoxy) is 3. The molecule has 0 bridgehead atoms. The molecule has 1 N–H and O–H groups in total. The monoisotopic (exact) mass is 395 g/mol. The summed E-state index contributed by atoms with van der Waals surface area (Å²) in [6, 6.07) is 12.5. The molecule has 0 aliphatic carbocycles. The topological polar surface area (TPSA) is 56.8 Å². The highest BCUT2D eigenvalue weighted by molar-refractivity contribution is 7.99. The molecule has 0 unspecified atom stereocenters. The van der Waals surface area contributed by atoms with E-state index in [4.69, 9.17) is 25.8 Å². The molecule has 0 heterocycles. The molecule has 2 rings (SSSR count). The lowest BCUT2D eigenvalue weighted by molar-refractivity contribution is -0.113. The summed E-state index contributed by atoms with van der Waals surface area (Å²) in [5, 5.41) is 3.54. The zero-order valence-electron chi connectivity index (χ0n) is 14.8. The van der Waals surface area contributed by atoms with Crippen LogP contribution in [0.2, 0.25) is 5.02 Å². The van der Waals surface area contributed by atoms with Gasteiger partial charge < -0.3 is 19.5 Å². The van der Waals surface area contributed by atoms with Crippen molar-refractivity contribution in [2.45, 2.75) is 6.42 Å². The summed E-state index contributed by atoms with van der Waals surface area (Å²) in [5.74, 6) is 3.17. The van der Waals surface area contributed by atoms with Crippen LogP contribution in [0.5, 0.6) is 17.2 Å². The predicted octanol–water partition coefficient (Wildman–Crippen LogP) is 4.50. The Balaban J connectivity index is 1.65. The number of hydrogen-bond acceptors (Lipinski definition) is 5. The highest BCUT2D eigenvalue weighted by atomic mass is 35.5. The second-order valence-corrected chi connectivity index (χ2v) is 6.86. The minimum Gasteiger partial charge on any atom is -0.497 e. The molecule has 140 valence electrons. The minimum atomic E-state index is -0.0721. The first-order valence-electron chi connectivity index (χ1n) is 8.10. The Kier molecular flexibility index (Phi) is 8.44. The number of anilines is 1. The van der Waals surface area contributed by atoms with Gasteiger partial charge >= 0.3 is 0 Å². The van der Waals surface area contributed by atoms with E-state index in [0.717, 1.165) is 17.9 Å². The molecule has 2 aromatic carbocycles. The quantitative estimate of drug-likeness (QED) is 0.600. The van der Waals surface area contributed by atoms with Crippen molar-refractivity contribution in [3.63, 3.8) is 0 Å². The molecule has 7 heteroatoms. The number of methoxy groups -OCH3 is 2. The molecule has 5 nitrogen and oxygen atoms in total. The molecule has 0 fully saturated rings. The van der Waals surface area contributed by atoms with Crippen LogP contribution >= 0.6 is 23.4 Å². The van der Waals surface area contributed by atoms with Crippen LogP contribution in [0.15, 0.2) is 42.5 Å². The number of hydrogen-bond donors (Lipinski definition) is 1. The number of amides is 1. The first-order valence-corrected chi connectivity index (χ1v) is 9.63. The van der Waals surface area contributed by atoms with Gasteiger partial charge in [-0.25, -0.2) is 0 Å². The summed E-state index contributed by atoms with van der Waals surface area (Å²) < 4.78 is 16.0. The van der Waals surface area contributed by atoms with E-state index in [1.807, 2.05) is 12.1 Å². The number of nitrogens with one attached hydrogen (secondary N) is 1. The minimum absolute atomic E-state index is 0.0721. The van der Waals surface area contributed by atoms with Crippen LogP contribution in [-0.4, -0.2) is 38.2 Å². The summed E-state index contributed by atoms with van der Waals surface area (Å²) in [7, 11) is 3.14. The third kappa shape index (κ3) is 6.69. The zero-order chi connectivity index (χ0) is 18.8. The van der Waals surface area contributed by atoms with E-state index in [1.54, 1.807) is 56.3 Å². The number of carbonyl (C=O) groups is 1. The molecular formula is C19H22ClNO4S. The molecule has 0 radical (unpaired) electrons. The fourth-order valence-corrected chi connectivity index (χ4v) is 2.98. The van der Waals surface area contributed by atoms with E-state index >= 15 is 0 Å². The Labute approximate surface area is 163 Å². The van der Waals surface area contributed by atoms with E-state index in [0.29, 0.717) is 34.6 Å². The van der Waals surface area contributed by atoms with Gasteiger partial charge in [-0.05, 0) is 48.6 Å². The van der Waals surface area contributed by atoms with Crippen LogP contribution in [0.4, 0.5) is 5.69 Å². The van der Waals surface area contributed by atoms with Gasteiger partial charge in [-0.1, -0.05) is 11.6 Å². The normalized spacial score (nSPS) is 10.3. The second kappa shape index (κ2) is 10.8. The van der Waals surface area contributed by atoms with Crippen LogP contribution in [-0.2, 0) is 4.79 Å². The molecule has 0 aromatic heterocycles. The lowest BCUT2D eigenvalue weighted by Gasteiger charge is -2.11. The van der Waals surface area contributed by atoms with Crippen molar-refractivity contribution in [3.05, 3.63) is 47.5 Å². The average Bonchev–Trinajstić information content (AvgIpc) is 2.66. The Morgan fingerprint density at radius 3 is 2.50 bits per heavy atom. The van der Waals surface area contributed by atoms with Gasteiger partial charge in [0.1, 0.15) is 17.2 Å². The van der Waals surface area contributed by atoms with Crippen molar-refractivity contribution in [1.82, 2.24) is 0 Å².